The van der Waals surface area contributed by atoms with Gasteiger partial charge in [0, 0.05) is 19.7 Å². The van der Waals surface area contributed by atoms with Crippen molar-refractivity contribution in [1.29, 1.82) is 0 Å². The number of hydrogen-bond donors (Lipinski definition) is 2. The topological polar surface area (TPSA) is 109 Å². The van der Waals surface area contributed by atoms with Crippen LogP contribution in [0.1, 0.15) is 13.3 Å². The van der Waals surface area contributed by atoms with E-state index in [1.54, 1.807) is 6.92 Å². The van der Waals surface area contributed by atoms with Gasteiger partial charge >= 0.3 is 0 Å². The Bertz CT molecular complexity index is 431. The molecule has 7 nitrogen and oxygen atoms in total. The predicted octanol–water partition coefficient (Wildman–Crippen LogP) is -0.487. The molecule has 0 saturated carbocycles. The van der Waals surface area contributed by atoms with E-state index in [1.807, 2.05) is 0 Å². The van der Waals surface area contributed by atoms with Crippen LogP contribution in [0.3, 0.4) is 0 Å². The van der Waals surface area contributed by atoms with Crippen molar-refractivity contribution in [3.8, 4) is 0 Å². The van der Waals surface area contributed by atoms with Gasteiger partial charge in [0.2, 0.25) is 9.47 Å². The summed E-state index contributed by atoms with van der Waals surface area (Å²) >= 11 is 0.835. The molecule has 9 heteroatoms. The average molecular weight is 266 g/mol. The number of hydrogen-bond acceptors (Lipinski definition) is 7. The van der Waals surface area contributed by atoms with Crippen molar-refractivity contribution in [2.24, 2.45) is 0 Å². The third-order valence-corrected chi connectivity index (χ3v) is 4.97. The van der Waals surface area contributed by atoms with Crippen LogP contribution in [-0.2, 0) is 10.0 Å². The monoisotopic (exact) mass is 266 g/mol. The summed E-state index contributed by atoms with van der Waals surface area (Å²) in [5.74, 6) is 0. The van der Waals surface area contributed by atoms with E-state index in [-0.39, 0.29) is 22.6 Å². The Kier molecular flexibility index (Phi) is 4.59. The first-order chi connectivity index (χ1) is 7.52. The summed E-state index contributed by atoms with van der Waals surface area (Å²) in [6.45, 7) is 2.25. The molecule has 0 spiro atoms. The van der Waals surface area contributed by atoms with Crippen molar-refractivity contribution in [3.63, 3.8) is 0 Å². The van der Waals surface area contributed by atoms with Crippen molar-refractivity contribution in [2.45, 2.75) is 17.7 Å². The van der Waals surface area contributed by atoms with E-state index in [2.05, 4.69) is 10.2 Å². The Morgan fingerprint density at radius 1 is 1.50 bits per heavy atom. The molecule has 1 aromatic rings. The van der Waals surface area contributed by atoms with Gasteiger partial charge in [-0.25, -0.2) is 8.42 Å². The lowest BCUT2D eigenvalue weighted by Crippen LogP contribution is -2.32. The smallest absolute Gasteiger partial charge is 0.272 e. The SMILES string of the molecule is CCN(CCCO)S(=O)(=O)c1nnc(N)s1. The van der Waals surface area contributed by atoms with Crippen molar-refractivity contribution in [1.82, 2.24) is 14.5 Å². The van der Waals surface area contributed by atoms with E-state index in [0.717, 1.165) is 11.3 Å². The third-order valence-electron chi connectivity index (χ3n) is 1.90. The van der Waals surface area contributed by atoms with Gasteiger partial charge in [-0.15, -0.1) is 10.2 Å². The summed E-state index contributed by atoms with van der Waals surface area (Å²) < 4.78 is 25.1. The van der Waals surface area contributed by atoms with E-state index in [1.165, 1.54) is 4.31 Å². The lowest BCUT2D eigenvalue weighted by atomic mass is 10.4. The van der Waals surface area contributed by atoms with Crippen LogP contribution in [0.4, 0.5) is 5.13 Å². The summed E-state index contributed by atoms with van der Waals surface area (Å²) in [6, 6.07) is 0. The molecule has 0 aromatic carbocycles. The summed E-state index contributed by atoms with van der Waals surface area (Å²) in [5.41, 5.74) is 5.34. The standard InChI is InChI=1S/C7H14N4O3S2/c1-2-11(4-3-5-12)16(13,14)7-10-9-6(8)15-7/h12H,2-5H2,1H3,(H2,8,9). The van der Waals surface area contributed by atoms with E-state index in [0.29, 0.717) is 13.0 Å². The number of aliphatic hydroxyl groups is 1. The van der Waals surface area contributed by atoms with Crippen molar-refractivity contribution >= 4 is 26.5 Å². The molecule has 16 heavy (non-hydrogen) atoms. The fraction of sp³-hybridized carbons (Fsp3) is 0.714. The third kappa shape index (κ3) is 2.88. The molecule has 0 unspecified atom stereocenters. The molecule has 92 valence electrons. The van der Waals surface area contributed by atoms with E-state index in [9.17, 15) is 8.42 Å². The van der Waals surface area contributed by atoms with Crippen molar-refractivity contribution in [2.75, 3.05) is 25.4 Å². The summed E-state index contributed by atoms with van der Waals surface area (Å²) in [5, 5.41) is 15.8. The van der Waals surface area contributed by atoms with Crippen LogP contribution in [-0.4, -0.2) is 47.7 Å². The molecule has 0 aliphatic rings. The number of sulfonamides is 1. The minimum atomic E-state index is -3.62. The lowest BCUT2D eigenvalue weighted by molar-refractivity contribution is 0.271. The molecule has 1 rings (SSSR count). The largest absolute Gasteiger partial charge is 0.396 e. The summed E-state index contributed by atoms with van der Waals surface area (Å²) in [7, 11) is -3.62. The van der Waals surface area contributed by atoms with E-state index >= 15 is 0 Å². The normalized spacial score (nSPS) is 12.2. The number of anilines is 1. The lowest BCUT2D eigenvalue weighted by Gasteiger charge is -2.17. The van der Waals surface area contributed by atoms with Gasteiger partial charge in [-0.1, -0.05) is 18.3 Å². The van der Waals surface area contributed by atoms with Crippen LogP contribution in [0.2, 0.25) is 0 Å². The van der Waals surface area contributed by atoms with Crippen LogP contribution in [0.25, 0.3) is 0 Å². The molecule has 1 heterocycles. The van der Waals surface area contributed by atoms with Crippen LogP contribution < -0.4 is 5.73 Å². The van der Waals surface area contributed by atoms with E-state index < -0.39 is 10.0 Å². The Morgan fingerprint density at radius 2 is 2.19 bits per heavy atom. The molecular formula is C7H14N4O3S2. The number of nitrogens with two attached hydrogens (primary N) is 1. The maximum Gasteiger partial charge on any atom is 0.272 e. The maximum atomic E-state index is 12.0. The minimum absolute atomic E-state index is 0.0513. The van der Waals surface area contributed by atoms with Crippen LogP contribution in [0.5, 0.6) is 0 Å². The first-order valence-corrected chi connectivity index (χ1v) is 6.98. The van der Waals surface area contributed by atoms with Crippen LogP contribution in [0, 0.1) is 0 Å². The maximum absolute atomic E-state index is 12.0. The van der Waals surface area contributed by atoms with Gasteiger partial charge in [0.05, 0.1) is 0 Å². The number of aliphatic hydroxyl groups excluding tert-OH is 1. The van der Waals surface area contributed by atoms with Gasteiger partial charge in [-0.2, -0.15) is 4.31 Å². The van der Waals surface area contributed by atoms with Gasteiger partial charge in [-0.3, -0.25) is 0 Å². The molecule has 0 aliphatic carbocycles. The fourth-order valence-corrected chi connectivity index (χ4v) is 3.54. The molecule has 0 fully saturated rings. The molecule has 0 bridgehead atoms. The molecular weight excluding hydrogens is 252 g/mol. The van der Waals surface area contributed by atoms with Gasteiger partial charge in [0.1, 0.15) is 0 Å². The van der Waals surface area contributed by atoms with Gasteiger partial charge in [0.15, 0.2) is 0 Å². The highest BCUT2D eigenvalue weighted by Crippen LogP contribution is 2.21. The van der Waals surface area contributed by atoms with Crippen molar-refractivity contribution in [3.05, 3.63) is 0 Å². The zero-order valence-corrected chi connectivity index (χ0v) is 10.5. The highest BCUT2D eigenvalue weighted by molar-refractivity contribution is 7.91. The second-order valence-corrected chi connectivity index (χ2v) is 6.10. The van der Waals surface area contributed by atoms with Gasteiger partial charge < -0.3 is 10.8 Å². The molecule has 1 aromatic heterocycles. The summed E-state index contributed by atoms with van der Waals surface area (Å²) in [6.07, 6.45) is 0.390. The first-order valence-electron chi connectivity index (χ1n) is 4.72. The fourth-order valence-electron chi connectivity index (χ4n) is 1.13. The quantitative estimate of drug-likeness (QED) is 0.719. The molecule has 0 atom stereocenters. The zero-order chi connectivity index (χ0) is 12.2. The molecule has 0 radical (unpaired) electrons. The van der Waals surface area contributed by atoms with E-state index in [4.69, 9.17) is 10.8 Å². The Balaban J connectivity index is 2.90. The first kappa shape index (κ1) is 13.3. The number of nitrogens with zero attached hydrogens (tertiary/aromatic N) is 3. The second kappa shape index (κ2) is 5.53. The van der Waals surface area contributed by atoms with Crippen LogP contribution in [0.15, 0.2) is 4.34 Å². The highest BCUT2D eigenvalue weighted by atomic mass is 32.2. The number of nitrogen functional groups attached to an aromatic ring is 1. The average Bonchev–Trinajstić information content (AvgIpc) is 2.66. The molecule has 0 amide bonds. The molecule has 3 N–H and O–H groups in total. The van der Waals surface area contributed by atoms with Crippen LogP contribution >= 0.6 is 11.3 Å². The highest BCUT2D eigenvalue weighted by Gasteiger charge is 2.26. The Hall–Kier alpha value is -0.770. The Labute approximate surface area is 98.0 Å². The summed E-state index contributed by atoms with van der Waals surface area (Å²) in [4.78, 5) is 0. The number of rotatable bonds is 6. The predicted molar refractivity (Wildman–Crippen MR) is 60.5 cm³/mol. The number of aromatic nitrogens is 2. The molecule has 0 saturated heterocycles. The second-order valence-electron chi connectivity index (χ2n) is 2.98. The zero-order valence-electron chi connectivity index (χ0n) is 8.83. The molecule has 0 aliphatic heterocycles. The van der Waals surface area contributed by atoms with Gasteiger partial charge in [0.25, 0.3) is 10.0 Å². The van der Waals surface area contributed by atoms with Crippen molar-refractivity contribution < 1.29 is 13.5 Å². The minimum Gasteiger partial charge on any atom is -0.396 e. The van der Waals surface area contributed by atoms with Gasteiger partial charge in [-0.05, 0) is 6.42 Å². The Morgan fingerprint density at radius 3 is 2.62 bits per heavy atom.